The maximum absolute atomic E-state index is 11.2. The molecule has 1 spiro atoms. The molecule has 0 bridgehead atoms. The van der Waals surface area contributed by atoms with Crippen molar-refractivity contribution in [3.05, 3.63) is 0 Å². The van der Waals surface area contributed by atoms with Crippen LogP contribution in [-0.2, 0) is 9.53 Å². The van der Waals surface area contributed by atoms with E-state index in [2.05, 4.69) is 4.90 Å². The van der Waals surface area contributed by atoms with Crippen LogP contribution in [0.4, 0.5) is 0 Å². The summed E-state index contributed by atoms with van der Waals surface area (Å²) in [7, 11) is 0. The fraction of sp³-hybridized carbons (Fsp3) is 0.917. The summed E-state index contributed by atoms with van der Waals surface area (Å²) in [6, 6.07) is -0.312. The van der Waals surface area contributed by atoms with Gasteiger partial charge in [0.2, 0.25) is 0 Å². The van der Waals surface area contributed by atoms with Gasteiger partial charge in [0.25, 0.3) is 0 Å². The minimum absolute atomic E-state index is 0.176. The van der Waals surface area contributed by atoms with Gasteiger partial charge in [0, 0.05) is 31.7 Å². The zero-order valence-electron chi connectivity index (χ0n) is 10.1. The summed E-state index contributed by atoms with van der Waals surface area (Å²) in [5, 5.41) is 9.20. The quantitative estimate of drug-likeness (QED) is 0.787. The van der Waals surface area contributed by atoms with Gasteiger partial charge in [0.15, 0.2) is 0 Å². The van der Waals surface area contributed by atoms with E-state index in [4.69, 9.17) is 4.74 Å². The summed E-state index contributed by atoms with van der Waals surface area (Å²) in [5.41, 5.74) is 0.362. The standard InChI is InChI=1S/C12H21NO3/c1-9(2)10(11(14)15)13-7-12(8-13)3-5-16-6-4-12/h9-10H,3-8H2,1-2H3,(H,14,15). The van der Waals surface area contributed by atoms with Crippen molar-refractivity contribution in [2.24, 2.45) is 11.3 Å². The van der Waals surface area contributed by atoms with Crippen LogP contribution >= 0.6 is 0 Å². The van der Waals surface area contributed by atoms with Crippen LogP contribution in [0.5, 0.6) is 0 Å². The van der Waals surface area contributed by atoms with Crippen molar-refractivity contribution in [2.45, 2.75) is 32.7 Å². The van der Waals surface area contributed by atoms with Crippen LogP contribution < -0.4 is 0 Å². The number of hydrogen-bond acceptors (Lipinski definition) is 3. The minimum Gasteiger partial charge on any atom is -0.480 e. The normalized spacial score (nSPS) is 26.7. The summed E-state index contributed by atoms with van der Waals surface area (Å²) in [6.07, 6.45) is 2.18. The van der Waals surface area contributed by atoms with E-state index in [0.717, 1.165) is 39.1 Å². The monoisotopic (exact) mass is 227 g/mol. The van der Waals surface area contributed by atoms with Crippen molar-refractivity contribution in [3.63, 3.8) is 0 Å². The second kappa shape index (κ2) is 4.34. The second-order valence-corrected chi connectivity index (χ2v) is 5.54. The molecule has 92 valence electrons. The molecule has 4 heteroatoms. The van der Waals surface area contributed by atoms with E-state index in [1.54, 1.807) is 0 Å². The van der Waals surface area contributed by atoms with Crippen LogP contribution in [0.25, 0.3) is 0 Å². The molecular formula is C12H21NO3. The lowest BCUT2D eigenvalue weighted by atomic mass is 9.72. The number of aliphatic carboxylic acids is 1. The van der Waals surface area contributed by atoms with Crippen LogP contribution in [0.2, 0.25) is 0 Å². The summed E-state index contributed by atoms with van der Waals surface area (Å²) in [6.45, 7) is 7.51. The van der Waals surface area contributed by atoms with Gasteiger partial charge in [-0.15, -0.1) is 0 Å². The molecule has 2 heterocycles. The molecule has 0 aliphatic carbocycles. The van der Waals surface area contributed by atoms with Gasteiger partial charge in [-0.1, -0.05) is 13.8 Å². The Hall–Kier alpha value is -0.610. The van der Waals surface area contributed by atoms with Gasteiger partial charge in [-0.25, -0.2) is 0 Å². The van der Waals surface area contributed by atoms with Crippen molar-refractivity contribution in [1.82, 2.24) is 4.90 Å². The molecule has 0 aromatic carbocycles. The molecule has 0 saturated carbocycles. The third-order valence-electron chi connectivity index (χ3n) is 3.91. The van der Waals surface area contributed by atoms with Crippen LogP contribution in [0, 0.1) is 11.3 Å². The molecule has 0 aromatic heterocycles. The molecular weight excluding hydrogens is 206 g/mol. The van der Waals surface area contributed by atoms with Crippen molar-refractivity contribution < 1.29 is 14.6 Å². The number of ether oxygens (including phenoxy) is 1. The first-order valence-corrected chi connectivity index (χ1v) is 6.09. The Bertz CT molecular complexity index is 263. The Balaban J connectivity index is 1.92. The molecule has 1 N–H and O–H groups in total. The average molecular weight is 227 g/mol. The van der Waals surface area contributed by atoms with E-state index in [1.807, 2.05) is 13.8 Å². The molecule has 4 nitrogen and oxygen atoms in total. The van der Waals surface area contributed by atoms with Crippen LogP contribution in [-0.4, -0.2) is 48.3 Å². The first-order chi connectivity index (χ1) is 7.54. The number of carboxylic acids is 1. The summed E-state index contributed by atoms with van der Waals surface area (Å²) < 4.78 is 5.36. The first kappa shape index (κ1) is 11.9. The first-order valence-electron chi connectivity index (χ1n) is 6.09. The van der Waals surface area contributed by atoms with Gasteiger partial charge in [-0.2, -0.15) is 0 Å². The Kier molecular flexibility index (Phi) is 3.22. The Morgan fingerprint density at radius 2 is 1.88 bits per heavy atom. The molecule has 2 saturated heterocycles. The summed E-state index contributed by atoms with van der Waals surface area (Å²) >= 11 is 0. The largest absolute Gasteiger partial charge is 0.480 e. The smallest absolute Gasteiger partial charge is 0.321 e. The maximum atomic E-state index is 11.2. The predicted molar refractivity (Wildman–Crippen MR) is 60.3 cm³/mol. The number of hydrogen-bond donors (Lipinski definition) is 1. The van der Waals surface area contributed by atoms with Gasteiger partial charge in [-0.3, -0.25) is 9.69 Å². The highest BCUT2D eigenvalue weighted by Crippen LogP contribution is 2.41. The molecule has 16 heavy (non-hydrogen) atoms. The number of rotatable bonds is 3. The predicted octanol–water partition coefficient (Wildman–Crippen LogP) is 1.21. The lowest BCUT2D eigenvalue weighted by Crippen LogP contribution is -2.64. The molecule has 0 aromatic rings. The Labute approximate surface area is 96.6 Å². The SMILES string of the molecule is CC(C)C(C(=O)O)N1CC2(CCOCC2)C1. The number of likely N-dealkylation sites (tertiary alicyclic amines) is 1. The second-order valence-electron chi connectivity index (χ2n) is 5.54. The minimum atomic E-state index is -0.683. The van der Waals surface area contributed by atoms with E-state index in [9.17, 15) is 9.90 Å². The highest BCUT2D eigenvalue weighted by Gasteiger charge is 2.48. The Morgan fingerprint density at radius 1 is 1.31 bits per heavy atom. The van der Waals surface area contributed by atoms with E-state index in [1.165, 1.54) is 0 Å². The molecule has 2 aliphatic rings. The summed E-state index contributed by atoms with van der Waals surface area (Å²) in [5.74, 6) is -0.508. The van der Waals surface area contributed by atoms with Gasteiger partial charge < -0.3 is 9.84 Å². The van der Waals surface area contributed by atoms with Gasteiger partial charge in [0.05, 0.1) is 0 Å². The highest BCUT2D eigenvalue weighted by atomic mass is 16.5. The Morgan fingerprint density at radius 3 is 2.31 bits per heavy atom. The molecule has 2 aliphatic heterocycles. The number of nitrogens with zero attached hydrogens (tertiary/aromatic N) is 1. The van der Waals surface area contributed by atoms with E-state index >= 15 is 0 Å². The van der Waals surface area contributed by atoms with Crippen molar-refractivity contribution >= 4 is 5.97 Å². The lowest BCUT2D eigenvalue weighted by Gasteiger charge is -2.54. The van der Waals surface area contributed by atoms with Crippen LogP contribution in [0.15, 0.2) is 0 Å². The lowest BCUT2D eigenvalue weighted by molar-refractivity contribution is -0.157. The zero-order chi connectivity index (χ0) is 11.8. The molecule has 0 radical (unpaired) electrons. The van der Waals surface area contributed by atoms with Gasteiger partial charge in [-0.05, 0) is 18.8 Å². The molecule has 2 fully saturated rings. The maximum Gasteiger partial charge on any atom is 0.321 e. The molecule has 0 amide bonds. The fourth-order valence-corrected chi connectivity index (χ4v) is 3.00. The van der Waals surface area contributed by atoms with E-state index in [-0.39, 0.29) is 12.0 Å². The number of carbonyl (C=O) groups is 1. The average Bonchev–Trinajstić information content (AvgIpc) is 2.15. The molecule has 1 atom stereocenters. The van der Waals surface area contributed by atoms with Crippen LogP contribution in [0.3, 0.4) is 0 Å². The highest BCUT2D eigenvalue weighted by molar-refractivity contribution is 5.74. The molecule has 2 rings (SSSR count). The van der Waals surface area contributed by atoms with Crippen molar-refractivity contribution in [3.8, 4) is 0 Å². The fourth-order valence-electron chi connectivity index (χ4n) is 3.00. The zero-order valence-corrected chi connectivity index (χ0v) is 10.1. The van der Waals surface area contributed by atoms with Crippen molar-refractivity contribution in [1.29, 1.82) is 0 Å². The topological polar surface area (TPSA) is 49.8 Å². The molecule has 1 unspecified atom stereocenters. The number of carboxylic acid groups (broad SMARTS) is 1. The van der Waals surface area contributed by atoms with E-state index < -0.39 is 5.97 Å². The third-order valence-corrected chi connectivity index (χ3v) is 3.91. The van der Waals surface area contributed by atoms with E-state index in [0.29, 0.717) is 5.41 Å². The summed E-state index contributed by atoms with van der Waals surface area (Å²) in [4.78, 5) is 13.3. The van der Waals surface area contributed by atoms with Crippen molar-refractivity contribution in [2.75, 3.05) is 26.3 Å². The van der Waals surface area contributed by atoms with Gasteiger partial charge >= 0.3 is 5.97 Å². The van der Waals surface area contributed by atoms with Crippen LogP contribution in [0.1, 0.15) is 26.7 Å². The third kappa shape index (κ3) is 2.09. The van der Waals surface area contributed by atoms with Gasteiger partial charge in [0.1, 0.15) is 6.04 Å².